The van der Waals surface area contributed by atoms with Crippen molar-refractivity contribution in [2.24, 2.45) is 0 Å². The summed E-state index contributed by atoms with van der Waals surface area (Å²) in [7, 11) is -2.52. The molecule has 1 saturated carbocycles. The van der Waals surface area contributed by atoms with E-state index in [1.165, 1.54) is 44.1 Å². The molecule has 0 aliphatic heterocycles. The molecule has 2 aromatic heterocycles. The second-order valence-electron chi connectivity index (χ2n) is 14.9. The molecule has 0 spiro atoms. The molecule has 0 saturated heterocycles. The quantitative estimate of drug-likeness (QED) is 0.101. The van der Waals surface area contributed by atoms with Gasteiger partial charge in [-0.3, -0.25) is 0 Å². The second kappa shape index (κ2) is 18.3. The van der Waals surface area contributed by atoms with Crippen molar-refractivity contribution in [3.8, 4) is 26.9 Å². The molecule has 0 radical (unpaired) electrons. The van der Waals surface area contributed by atoms with Crippen LogP contribution in [-0.2, 0) is 17.9 Å². The van der Waals surface area contributed by atoms with E-state index in [-0.39, 0.29) is 0 Å². The Morgan fingerprint density at radius 1 is 0.574 bits per heavy atom. The first-order chi connectivity index (χ1) is 30.1. The van der Waals surface area contributed by atoms with E-state index in [0.717, 1.165) is 80.5 Å². The van der Waals surface area contributed by atoms with Gasteiger partial charge in [-0.05, 0) is 0 Å². The minimum atomic E-state index is -2.52. The third-order valence-corrected chi connectivity index (χ3v) is 17.3. The number of fused-ring (bicyclic) bond motifs is 2. The van der Waals surface area contributed by atoms with Crippen LogP contribution in [0.15, 0.2) is 198 Å². The number of aromatic nitrogens is 4. The summed E-state index contributed by atoms with van der Waals surface area (Å²) >= 11 is 3.05. The molecule has 4 nitrogen and oxygen atoms in total. The van der Waals surface area contributed by atoms with E-state index in [1.54, 1.807) is 0 Å². The SMILES string of the molecule is CC=C1CCCC1=CC(/C=C/c1c2nsnc2c(/C=C/C)c2nc(-c3ccccc3)c(-c3ccccc3)nc12)=C([C]#[Os])[P+](c1ccccc1)(c1ccccc1)c1ccccc1. The Kier molecular flexibility index (Phi) is 12.2. The number of hydrogen-bond donors (Lipinski definition) is 0. The molecular formula is C54H43N4OsPS+. The van der Waals surface area contributed by atoms with Crippen molar-refractivity contribution in [2.45, 2.75) is 33.1 Å². The van der Waals surface area contributed by atoms with Gasteiger partial charge in [0.1, 0.15) is 0 Å². The third-order valence-electron chi connectivity index (χ3n) is 11.4. The van der Waals surface area contributed by atoms with Gasteiger partial charge < -0.3 is 0 Å². The summed E-state index contributed by atoms with van der Waals surface area (Å²) in [5, 5.41) is 5.03. The van der Waals surface area contributed by atoms with E-state index < -0.39 is 7.26 Å². The van der Waals surface area contributed by atoms with Crippen LogP contribution >= 0.6 is 19.0 Å². The monoisotopic (exact) mass is 1000 g/mol. The second-order valence-corrected chi connectivity index (χ2v) is 19.4. The van der Waals surface area contributed by atoms with Crippen LogP contribution in [0.4, 0.5) is 0 Å². The van der Waals surface area contributed by atoms with Crippen LogP contribution in [0.25, 0.3) is 56.7 Å². The molecule has 61 heavy (non-hydrogen) atoms. The summed E-state index contributed by atoms with van der Waals surface area (Å²) in [6.07, 6.45) is 16.6. The first-order valence-corrected chi connectivity index (χ1v) is 24.4. The zero-order valence-electron chi connectivity index (χ0n) is 34.0. The van der Waals surface area contributed by atoms with Gasteiger partial charge in [0.05, 0.1) is 0 Å². The predicted molar refractivity (Wildman–Crippen MR) is 257 cm³/mol. The van der Waals surface area contributed by atoms with E-state index in [0.29, 0.717) is 0 Å². The van der Waals surface area contributed by atoms with E-state index in [2.05, 4.69) is 181 Å². The molecule has 7 heteroatoms. The molecule has 0 N–H and O–H groups in total. The van der Waals surface area contributed by atoms with Crippen LogP contribution in [0.1, 0.15) is 44.2 Å². The van der Waals surface area contributed by atoms with Gasteiger partial charge in [-0.25, -0.2) is 0 Å². The van der Waals surface area contributed by atoms with Crippen LogP contribution in [0.2, 0.25) is 0 Å². The van der Waals surface area contributed by atoms with Crippen molar-refractivity contribution < 1.29 is 17.9 Å². The maximum atomic E-state index is 5.60. The Hall–Kier alpha value is -5.97. The minimum absolute atomic E-state index is 0.785. The van der Waals surface area contributed by atoms with E-state index in [9.17, 15) is 0 Å². The number of allylic oxidation sites excluding steroid dienone is 8. The molecule has 0 bridgehead atoms. The summed E-state index contributed by atoms with van der Waals surface area (Å²) in [6.45, 7) is 4.20. The predicted octanol–water partition coefficient (Wildman–Crippen LogP) is 12.8. The van der Waals surface area contributed by atoms with Crippen molar-refractivity contribution in [1.29, 1.82) is 0 Å². The van der Waals surface area contributed by atoms with E-state index >= 15 is 0 Å². The van der Waals surface area contributed by atoms with Crippen LogP contribution in [0.5, 0.6) is 0 Å². The van der Waals surface area contributed by atoms with Crippen molar-refractivity contribution in [3.05, 3.63) is 209 Å². The van der Waals surface area contributed by atoms with Crippen molar-refractivity contribution >= 4 is 69.1 Å². The average Bonchev–Trinajstić information content (AvgIpc) is 4.01. The summed E-state index contributed by atoms with van der Waals surface area (Å²) in [6, 6.07) is 53.9. The Morgan fingerprint density at radius 3 is 1.46 bits per heavy atom. The summed E-state index contributed by atoms with van der Waals surface area (Å²) in [5.41, 5.74) is 12.6. The number of rotatable bonds is 10. The average molecular weight is 1000 g/mol. The standard InChI is InChI=1S/C54H43N4PS.Os/c1-4-22-47-51-52(56-50(41-25-13-7-14-26-41)49(55-51)40-23-11-6-12-24-40)48(54-53(47)57-60-58-54)36-35-42(37-43-28-21-27-39(43)5-2)38(3)59(44-29-15-8-16-30-44,45-31-17-9-18-32-45)46-33-19-10-20-34-46;/h4-20,22-26,29-37H,21,27-28H2,1-2H3;/q+1;/b22-4+,36-35+,39-5?,42-38?,43-37?;. The summed E-state index contributed by atoms with van der Waals surface area (Å²) < 4.78 is 13.8. The third kappa shape index (κ3) is 7.68. The van der Waals surface area contributed by atoms with E-state index in [1.807, 2.05) is 43.1 Å². The van der Waals surface area contributed by atoms with Gasteiger partial charge in [0, 0.05) is 0 Å². The van der Waals surface area contributed by atoms with Crippen LogP contribution in [-0.4, -0.2) is 18.7 Å². The Bertz CT molecular complexity index is 2960. The first kappa shape index (κ1) is 40.4. The Morgan fingerprint density at radius 2 is 1.02 bits per heavy atom. The fraction of sp³-hybridized carbons (Fsp3) is 0.0926. The van der Waals surface area contributed by atoms with Gasteiger partial charge in [0.15, 0.2) is 0 Å². The van der Waals surface area contributed by atoms with Gasteiger partial charge in [-0.1, -0.05) is 24.3 Å². The molecule has 9 rings (SSSR count). The molecule has 1 aliphatic rings. The number of benzene rings is 6. The molecule has 0 atom stereocenters. The van der Waals surface area contributed by atoms with Crippen LogP contribution < -0.4 is 15.9 Å². The normalized spacial score (nSPS) is 15.0. The maximum absolute atomic E-state index is 5.60. The molecule has 0 unspecified atom stereocenters. The molecular weight excluding hydrogens is 958 g/mol. The van der Waals surface area contributed by atoms with Gasteiger partial charge in [0.25, 0.3) is 0 Å². The zero-order valence-corrected chi connectivity index (χ0v) is 38.3. The number of nitrogens with zero attached hydrogens (tertiary/aromatic N) is 4. The van der Waals surface area contributed by atoms with E-state index in [4.69, 9.17) is 18.7 Å². The van der Waals surface area contributed by atoms with Gasteiger partial charge in [-0.15, -0.1) is 0 Å². The van der Waals surface area contributed by atoms with Gasteiger partial charge >= 0.3 is 351 Å². The Balaban J connectivity index is 1.40. The molecule has 297 valence electrons. The van der Waals surface area contributed by atoms with Gasteiger partial charge in [0.2, 0.25) is 0 Å². The van der Waals surface area contributed by atoms with Crippen LogP contribution in [0.3, 0.4) is 0 Å². The van der Waals surface area contributed by atoms with Crippen molar-refractivity contribution in [1.82, 2.24) is 18.7 Å². The fourth-order valence-corrected chi connectivity index (χ4v) is 15.0. The molecule has 1 fully saturated rings. The number of hydrogen-bond acceptors (Lipinski definition) is 5. The molecule has 2 heterocycles. The van der Waals surface area contributed by atoms with Crippen LogP contribution in [0, 0.1) is 4.37 Å². The zero-order chi connectivity index (χ0) is 41.6. The molecule has 8 aromatic rings. The first-order valence-electron chi connectivity index (χ1n) is 20.6. The summed E-state index contributed by atoms with van der Waals surface area (Å²) in [4.78, 5) is 11.1. The van der Waals surface area contributed by atoms with Crippen molar-refractivity contribution in [3.63, 3.8) is 0 Å². The van der Waals surface area contributed by atoms with Crippen molar-refractivity contribution in [2.75, 3.05) is 0 Å². The Labute approximate surface area is 372 Å². The van der Waals surface area contributed by atoms with Gasteiger partial charge in [-0.2, -0.15) is 0 Å². The molecule has 1 aliphatic carbocycles. The molecule has 0 amide bonds. The topological polar surface area (TPSA) is 51.6 Å². The fourth-order valence-electron chi connectivity index (χ4n) is 8.59. The summed E-state index contributed by atoms with van der Waals surface area (Å²) in [5.74, 6) is 0. The molecule has 6 aromatic carbocycles.